The number of nitrogens with zero attached hydrogens (tertiary/aromatic N) is 4. The van der Waals surface area contributed by atoms with Crippen LogP contribution in [-0.4, -0.2) is 53.9 Å². The number of amides is 2. The number of hydrogen-bond acceptors (Lipinski definition) is 7. The molecule has 26 heavy (non-hydrogen) atoms. The van der Waals surface area contributed by atoms with Gasteiger partial charge >= 0.3 is 0 Å². The number of ether oxygens (including phenoxy) is 1. The molecular formula is C15H21N5O5S. The minimum atomic E-state index is -4.15. The molecule has 0 saturated carbocycles. The number of hydrogen-bond donors (Lipinski definition) is 1. The molecule has 3 rings (SSSR count). The molecule has 2 amide bonds. The number of carbonyl (C=O) groups excluding carboxylic acids is 2. The standard InChI is InChI=1S/C15H21N5O5S/c1-10(2)9-20-13(21)5-4-11(17-20)14(22)18-26(23,24)12-8-16-19-6-3-7-25-15(12)19/h8,10H,3-7,9H2,1-2H3,(H,18,22). The minimum absolute atomic E-state index is 0.00998. The van der Waals surface area contributed by atoms with E-state index >= 15 is 0 Å². The molecule has 11 heteroatoms. The summed E-state index contributed by atoms with van der Waals surface area (Å²) >= 11 is 0. The van der Waals surface area contributed by atoms with Crippen LogP contribution in [0.5, 0.6) is 5.88 Å². The van der Waals surface area contributed by atoms with Crippen LogP contribution in [0.4, 0.5) is 0 Å². The average Bonchev–Trinajstić information content (AvgIpc) is 3.01. The highest BCUT2D eigenvalue weighted by Gasteiger charge is 2.31. The van der Waals surface area contributed by atoms with Crippen LogP contribution in [0, 0.1) is 5.92 Å². The summed E-state index contributed by atoms with van der Waals surface area (Å²) in [5.74, 6) is -0.733. The molecule has 3 heterocycles. The van der Waals surface area contributed by atoms with Gasteiger partial charge in [0.05, 0.1) is 12.8 Å². The zero-order valence-electron chi connectivity index (χ0n) is 14.6. The Morgan fingerprint density at radius 2 is 2.15 bits per heavy atom. The van der Waals surface area contributed by atoms with Gasteiger partial charge in [-0.2, -0.15) is 10.2 Å². The third kappa shape index (κ3) is 3.71. The second-order valence-electron chi connectivity index (χ2n) is 6.59. The number of aromatic nitrogens is 2. The summed E-state index contributed by atoms with van der Waals surface area (Å²) in [4.78, 5) is 24.1. The maximum Gasteiger partial charge on any atom is 0.281 e. The Balaban J connectivity index is 1.78. The number of rotatable bonds is 5. The first-order valence-corrected chi connectivity index (χ1v) is 9.90. The Kier molecular flexibility index (Phi) is 4.99. The van der Waals surface area contributed by atoms with E-state index in [4.69, 9.17) is 4.74 Å². The number of aryl methyl sites for hydroxylation is 1. The van der Waals surface area contributed by atoms with Gasteiger partial charge in [-0.15, -0.1) is 0 Å². The molecule has 0 bridgehead atoms. The number of nitrogens with one attached hydrogen (secondary N) is 1. The quantitative estimate of drug-likeness (QED) is 0.769. The lowest BCUT2D eigenvalue weighted by atomic mass is 10.1. The van der Waals surface area contributed by atoms with E-state index in [1.807, 2.05) is 18.6 Å². The van der Waals surface area contributed by atoms with Crippen molar-refractivity contribution in [3.63, 3.8) is 0 Å². The molecule has 0 saturated heterocycles. The summed E-state index contributed by atoms with van der Waals surface area (Å²) in [7, 11) is -4.15. The Morgan fingerprint density at radius 1 is 1.38 bits per heavy atom. The fourth-order valence-electron chi connectivity index (χ4n) is 2.72. The molecule has 1 N–H and O–H groups in total. The Labute approximate surface area is 151 Å². The normalized spacial score (nSPS) is 17.6. The molecule has 0 aromatic carbocycles. The van der Waals surface area contributed by atoms with Gasteiger partial charge in [-0.1, -0.05) is 13.8 Å². The zero-order valence-corrected chi connectivity index (χ0v) is 15.5. The molecule has 0 fully saturated rings. The monoisotopic (exact) mass is 383 g/mol. The third-order valence-electron chi connectivity index (χ3n) is 3.93. The van der Waals surface area contributed by atoms with E-state index in [9.17, 15) is 18.0 Å². The predicted molar refractivity (Wildman–Crippen MR) is 90.9 cm³/mol. The smallest absolute Gasteiger partial charge is 0.281 e. The predicted octanol–water partition coefficient (Wildman–Crippen LogP) is 0.105. The maximum atomic E-state index is 12.5. The molecule has 0 spiro atoms. The van der Waals surface area contributed by atoms with Gasteiger partial charge in [0.25, 0.3) is 15.9 Å². The first-order chi connectivity index (χ1) is 12.3. The summed E-state index contributed by atoms with van der Waals surface area (Å²) < 4.78 is 33.9. The van der Waals surface area contributed by atoms with Crippen LogP contribution in [0.2, 0.25) is 0 Å². The van der Waals surface area contributed by atoms with Crippen LogP contribution in [-0.2, 0) is 26.2 Å². The first kappa shape index (κ1) is 18.4. The van der Waals surface area contributed by atoms with Crippen molar-refractivity contribution in [3.8, 4) is 5.88 Å². The van der Waals surface area contributed by atoms with Crippen molar-refractivity contribution in [1.29, 1.82) is 0 Å². The highest BCUT2D eigenvalue weighted by Crippen LogP contribution is 2.26. The lowest BCUT2D eigenvalue weighted by Crippen LogP contribution is -2.42. The Morgan fingerprint density at radius 3 is 2.88 bits per heavy atom. The molecule has 0 radical (unpaired) electrons. The van der Waals surface area contributed by atoms with Gasteiger partial charge in [-0.3, -0.25) is 9.59 Å². The van der Waals surface area contributed by atoms with E-state index in [-0.39, 0.29) is 41.2 Å². The summed E-state index contributed by atoms with van der Waals surface area (Å²) in [6, 6.07) is 0. The summed E-state index contributed by atoms with van der Waals surface area (Å²) in [5.41, 5.74) is 0.00998. The molecule has 10 nitrogen and oxygen atoms in total. The molecule has 2 aliphatic heterocycles. The fourth-order valence-corrected chi connectivity index (χ4v) is 3.77. The van der Waals surface area contributed by atoms with Gasteiger partial charge in [0.2, 0.25) is 11.8 Å². The number of sulfonamides is 1. The zero-order chi connectivity index (χ0) is 18.9. The second-order valence-corrected chi connectivity index (χ2v) is 8.24. The van der Waals surface area contributed by atoms with Crippen molar-refractivity contribution < 1.29 is 22.7 Å². The van der Waals surface area contributed by atoms with E-state index < -0.39 is 15.9 Å². The van der Waals surface area contributed by atoms with Gasteiger partial charge in [0.15, 0.2) is 4.90 Å². The van der Waals surface area contributed by atoms with E-state index in [0.29, 0.717) is 19.7 Å². The van der Waals surface area contributed by atoms with Gasteiger partial charge in [-0.05, 0) is 5.92 Å². The minimum Gasteiger partial charge on any atom is -0.477 e. The summed E-state index contributed by atoms with van der Waals surface area (Å²) in [6.45, 7) is 5.15. The van der Waals surface area contributed by atoms with Gasteiger partial charge < -0.3 is 4.74 Å². The molecule has 142 valence electrons. The van der Waals surface area contributed by atoms with Gasteiger partial charge in [0, 0.05) is 32.4 Å². The Hall–Kier alpha value is -2.43. The van der Waals surface area contributed by atoms with Crippen LogP contribution in [0.3, 0.4) is 0 Å². The third-order valence-corrected chi connectivity index (χ3v) is 5.25. The largest absolute Gasteiger partial charge is 0.477 e. The lowest BCUT2D eigenvalue weighted by molar-refractivity contribution is -0.132. The topological polar surface area (TPSA) is 123 Å². The molecule has 0 atom stereocenters. The van der Waals surface area contributed by atoms with Crippen molar-refractivity contribution in [2.45, 2.75) is 44.6 Å². The van der Waals surface area contributed by atoms with E-state index in [0.717, 1.165) is 12.6 Å². The van der Waals surface area contributed by atoms with E-state index in [1.54, 1.807) is 0 Å². The summed E-state index contributed by atoms with van der Waals surface area (Å²) in [5, 5.41) is 9.23. The SMILES string of the molecule is CC(C)CN1N=C(C(=O)NS(=O)(=O)c2cnn3c2OCCC3)CCC1=O. The highest BCUT2D eigenvalue weighted by atomic mass is 32.2. The van der Waals surface area contributed by atoms with Gasteiger partial charge in [0.1, 0.15) is 5.71 Å². The number of fused-ring (bicyclic) bond motifs is 1. The number of hydrazone groups is 1. The fraction of sp³-hybridized carbons (Fsp3) is 0.600. The summed E-state index contributed by atoms with van der Waals surface area (Å²) in [6.07, 6.45) is 2.10. The van der Waals surface area contributed by atoms with Crippen molar-refractivity contribution in [1.82, 2.24) is 19.5 Å². The van der Waals surface area contributed by atoms with E-state index in [1.165, 1.54) is 9.69 Å². The highest BCUT2D eigenvalue weighted by molar-refractivity contribution is 7.90. The van der Waals surface area contributed by atoms with E-state index in [2.05, 4.69) is 10.2 Å². The molecule has 0 aliphatic carbocycles. The molecule has 1 aromatic rings. The molecule has 0 unspecified atom stereocenters. The van der Waals surface area contributed by atoms with Crippen molar-refractivity contribution in [3.05, 3.63) is 6.20 Å². The van der Waals surface area contributed by atoms with Crippen molar-refractivity contribution in [2.24, 2.45) is 11.0 Å². The first-order valence-electron chi connectivity index (χ1n) is 8.41. The lowest BCUT2D eigenvalue weighted by Gasteiger charge is -2.24. The van der Waals surface area contributed by atoms with Crippen LogP contribution >= 0.6 is 0 Å². The average molecular weight is 383 g/mol. The number of carbonyl (C=O) groups is 2. The van der Waals surface area contributed by atoms with Crippen LogP contribution in [0.25, 0.3) is 0 Å². The molecule has 2 aliphatic rings. The van der Waals surface area contributed by atoms with Crippen LogP contribution in [0.1, 0.15) is 33.1 Å². The van der Waals surface area contributed by atoms with Gasteiger partial charge in [-0.25, -0.2) is 22.8 Å². The molecular weight excluding hydrogens is 362 g/mol. The second kappa shape index (κ2) is 7.06. The maximum absolute atomic E-state index is 12.5. The van der Waals surface area contributed by atoms with Crippen LogP contribution < -0.4 is 9.46 Å². The van der Waals surface area contributed by atoms with Crippen LogP contribution in [0.15, 0.2) is 16.2 Å². The Bertz CT molecular complexity index is 858. The molecule has 1 aromatic heterocycles. The van der Waals surface area contributed by atoms with Crippen molar-refractivity contribution >= 4 is 27.5 Å². The van der Waals surface area contributed by atoms with Crippen molar-refractivity contribution in [2.75, 3.05) is 13.2 Å².